The van der Waals surface area contributed by atoms with Crippen LogP contribution in [0.3, 0.4) is 0 Å². The van der Waals surface area contributed by atoms with Crippen LogP contribution >= 0.6 is 11.8 Å². The third kappa shape index (κ3) is 5.54. The van der Waals surface area contributed by atoms with Gasteiger partial charge in [-0.2, -0.15) is 0 Å². The first-order valence-corrected chi connectivity index (χ1v) is 12.5. The van der Waals surface area contributed by atoms with Crippen molar-refractivity contribution in [1.82, 2.24) is 20.6 Å². The number of fused-ring (bicyclic) bond motifs is 1. The molecule has 0 bridgehead atoms. The van der Waals surface area contributed by atoms with Gasteiger partial charge in [-0.05, 0) is 51.1 Å². The molecule has 2 aromatic carbocycles. The monoisotopic (exact) mass is 496 g/mol. The van der Waals surface area contributed by atoms with Crippen molar-refractivity contribution in [3.63, 3.8) is 0 Å². The number of benzene rings is 2. The summed E-state index contributed by atoms with van der Waals surface area (Å²) in [5, 5.41) is 6.34. The number of amides is 2. The maximum Gasteiger partial charge on any atom is 0.338 e. The Morgan fingerprint density at radius 1 is 1.06 bits per heavy atom. The molecule has 1 unspecified atom stereocenters. The molecule has 3 aromatic rings. The smallest absolute Gasteiger partial charge is 0.338 e. The first-order chi connectivity index (χ1) is 17.0. The molecule has 1 aromatic heterocycles. The normalized spacial score (nSPS) is 15.5. The number of aromatic amines is 1. The molecule has 4 rings (SSSR count). The summed E-state index contributed by atoms with van der Waals surface area (Å²) in [6.07, 6.45) is 0. The van der Waals surface area contributed by atoms with E-state index in [4.69, 9.17) is 14.2 Å². The number of para-hydroxylation sites is 2. The van der Waals surface area contributed by atoms with Gasteiger partial charge in [0.25, 0.3) is 0 Å². The molecule has 0 fully saturated rings. The van der Waals surface area contributed by atoms with E-state index >= 15 is 0 Å². The second-order valence-corrected chi connectivity index (χ2v) is 8.52. The largest absolute Gasteiger partial charge is 0.494 e. The fraction of sp³-hybridized carbons (Fsp3) is 0.320. The summed E-state index contributed by atoms with van der Waals surface area (Å²) in [6, 6.07) is 11.9. The molecule has 0 radical (unpaired) electrons. The molecule has 0 spiro atoms. The molecule has 0 aliphatic carbocycles. The zero-order valence-electron chi connectivity index (χ0n) is 19.8. The first-order valence-electron chi connectivity index (χ1n) is 11.5. The van der Waals surface area contributed by atoms with Gasteiger partial charge in [0.1, 0.15) is 11.5 Å². The molecule has 184 valence electrons. The zero-order chi connectivity index (χ0) is 24.8. The highest BCUT2D eigenvalue weighted by atomic mass is 32.2. The molecule has 1 atom stereocenters. The number of urea groups is 1. The van der Waals surface area contributed by atoms with Gasteiger partial charge < -0.3 is 29.8 Å². The van der Waals surface area contributed by atoms with Crippen molar-refractivity contribution in [1.29, 1.82) is 0 Å². The Kier molecular flexibility index (Phi) is 7.81. The number of imidazole rings is 1. The topological polar surface area (TPSA) is 115 Å². The molecule has 0 saturated carbocycles. The Balaban J connectivity index is 1.74. The number of ether oxygens (including phenoxy) is 3. The Bertz CT molecular complexity index is 1220. The second-order valence-electron chi connectivity index (χ2n) is 7.56. The third-order valence-electron chi connectivity index (χ3n) is 5.27. The maximum absolute atomic E-state index is 13.2. The van der Waals surface area contributed by atoms with Crippen LogP contribution in [0.4, 0.5) is 4.79 Å². The molecule has 0 saturated heterocycles. The average molecular weight is 497 g/mol. The van der Waals surface area contributed by atoms with Gasteiger partial charge in [-0.1, -0.05) is 23.9 Å². The molecule has 1 aliphatic rings. The van der Waals surface area contributed by atoms with Crippen LogP contribution in [0.25, 0.3) is 11.0 Å². The van der Waals surface area contributed by atoms with E-state index in [0.717, 1.165) is 11.0 Å². The average Bonchev–Trinajstić information content (AvgIpc) is 3.27. The molecular formula is C25H28N4O5S. The zero-order valence-corrected chi connectivity index (χ0v) is 20.7. The number of carbonyl (C=O) groups is 2. The SMILES string of the molecule is CCOC(=O)C1=C(CSc2nc3ccccc3[nH]2)NC(=O)NC1c1cc(OCC)ccc1OCC. The lowest BCUT2D eigenvalue weighted by Gasteiger charge is -2.30. The van der Waals surface area contributed by atoms with Crippen molar-refractivity contribution in [2.75, 3.05) is 25.6 Å². The number of hydrogen-bond donors (Lipinski definition) is 3. The van der Waals surface area contributed by atoms with Crippen LogP contribution in [0.2, 0.25) is 0 Å². The van der Waals surface area contributed by atoms with E-state index in [2.05, 4.69) is 20.6 Å². The number of thioether (sulfide) groups is 1. The van der Waals surface area contributed by atoms with Crippen LogP contribution in [0.1, 0.15) is 32.4 Å². The summed E-state index contributed by atoms with van der Waals surface area (Å²) in [7, 11) is 0. The van der Waals surface area contributed by atoms with Crippen LogP contribution in [0.5, 0.6) is 11.5 Å². The number of rotatable bonds is 10. The predicted octanol–water partition coefficient (Wildman–Crippen LogP) is 4.32. The second kappa shape index (κ2) is 11.2. The summed E-state index contributed by atoms with van der Waals surface area (Å²) in [5.41, 5.74) is 3.13. The highest BCUT2D eigenvalue weighted by Gasteiger charge is 2.35. The van der Waals surface area contributed by atoms with Gasteiger partial charge >= 0.3 is 12.0 Å². The van der Waals surface area contributed by atoms with Gasteiger partial charge in [-0.3, -0.25) is 0 Å². The minimum atomic E-state index is -0.781. The quantitative estimate of drug-likeness (QED) is 0.283. The van der Waals surface area contributed by atoms with Crippen LogP contribution in [0, 0.1) is 0 Å². The van der Waals surface area contributed by atoms with E-state index < -0.39 is 18.0 Å². The van der Waals surface area contributed by atoms with Gasteiger partial charge in [-0.25, -0.2) is 14.6 Å². The minimum Gasteiger partial charge on any atom is -0.494 e. The van der Waals surface area contributed by atoms with E-state index in [1.165, 1.54) is 11.8 Å². The van der Waals surface area contributed by atoms with Gasteiger partial charge in [0.15, 0.2) is 5.16 Å². The molecule has 1 aliphatic heterocycles. The van der Waals surface area contributed by atoms with Crippen molar-refractivity contribution >= 4 is 34.8 Å². The van der Waals surface area contributed by atoms with E-state index in [1.54, 1.807) is 25.1 Å². The number of esters is 1. The van der Waals surface area contributed by atoms with Crippen LogP contribution in [-0.4, -0.2) is 47.5 Å². The lowest BCUT2D eigenvalue weighted by Crippen LogP contribution is -2.46. The summed E-state index contributed by atoms with van der Waals surface area (Å²) >= 11 is 1.39. The number of H-pyrrole nitrogens is 1. The van der Waals surface area contributed by atoms with Crippen LogP contribution in [0.15, 0.2) is 58.9 Å². The highest BCUT2D eigenvalue weighted by Crippen LogP contribution is 2.37. The molecule has 10 heteroatoms. The Labute approximate surface area is 207 Å². The molecule has 2 amide bonds. The Hall–Kier alpha value is -3.66. The fourth-order valence-corrected chi connectivity index (χ4v) is 4.70. The summed E-state index contributed by atoms with van der Waals surface area (Å²) in [5.74, 6) is 0.941. The van der Waals surface area contributed by atoms with Crippen molar-refractivity contribution in [2.45, 2.75) is 32.0 Å². The fourth-order valence-electron chi connectivity index (χ4n) is 3.85. The predicted molar refractivity (Wildman–Crippen MR) is 134 cm³/mol. The summed E-state index contributed by atoms with van der Waals surface area (Å²) in [6.45, 7) is 6.61. The van der Waals surface area contributed by atoms with E-state index in [9.17, 15) is 9.59 Å². The summed E-state index contributed by atoms with van der Waals surface area (Å²) in [4.78, 5) is 33.7. The number of nitrogens with zero attached hydrogens (tertiary/aromatic N) is 1. The number of hydrogen-bond acceptors (Lipinski definition) is 7. The highest BCUT2D eigenvalue weighted by molar-refractivity contribution is 7.99. The first kappa shape index (κ1) is 24.5. The van der Waals surface area contributed by atoms with Crippen molar-refractivity contribution < 1.29 is 23.8 Å². The van der Waals surface area contributed by atoms with Crippen molar-refractivity contribution in [3.05, 3.63) is 59.3 Å². The van der Waals surface area contributed by atoms with E-state index in [1.807, 2.05) is 38.1 Å². The maximum atomic E-state index is 13.2. The van der Waals surface area contributed by atoms with E-state index in [0.29, 0.717) is 52.5 Å². The lowest BCUT2D eigenvalue weighted by molar-refractivity contribution is -0.139. The number of nitrogens with one attached hydrogen (secondary N) is 3. The molecule has 9 nitrogen and oxygen atoms in total. The van der Waals surface area contributed by atoms with Gasteiger partial charge in [0.2, 0.25) is 0 Å². The Morgan fingerprint density at radius 3 is 2.60 bits per heavy atom. The lowest BCUT2D eigenvalue weighted by atomic mass is 9.94. The van der Waals surface area contributed by atoms with Gasteiger partial charge in [0.05, 0.1) is 42.5 Å². The van der Waals surface area contributed by atoms with Gasteiger partial charge in [-0.15, -0.1) is 0 Å². The molecular weight excluding hydrogens is 468 g/mol. The van der Waals surface area contributed by atoms with Crippen molar-refractivity contribution in [3.8, 4) is 11.5 Å². The van der Waals surface area contributed by atoms with Crippen LogP contribution < -0.4 is 20.1 Å². The number of aromatic nitrogens is 2. The molecule has 35 heavy (non-hydrogen) atoms. The van der Waals surface area contributed by atoms with E-state index in [-0.39, 0.29) is 6.61 Å². The standard InChI is InChI=1S/C25H28N4O5S/c1-4-32-15-11-12-20(33-5-2)16(13-15)22-21(23(30)34-6-3)19(26-24(31)29-22)14-35-25-27-17-9-7-8-10-18(17)28-25/h7-13,22H,4-6,14H2,1-3H3,(H,27,28)(H2,26,29,31). The third-order valence-corrected chi connectivity index (χ3v) is 6.17. The number of carbonyl (C=O) groups excluding carboxylic acids is 2. The molecule has 2 heterocycles. The van der Waals surface area contributed by atoms with Crippen LogP contribution in [-0.2, 0) is 9.53 Å². The Morgan fingerprint density at radius 2 is 1.86 bits per heavy atom. The molecule has 3 N–H and O–H groups in total. The van der Waals surface area contributed by atoms with Crippen molar-refractivity contribution in [2.24, 2.45) is 0 Å². The minimum absolute atomic E-state index is 0.199. The summed E-state index contributed by atoms with van der Waals surface area (Å²) < 4.78 is 16.9. The van der Waals surface area contributed by atoms with Gasteiger partial charge in [0, 0.05) is 17.0 Å².